The van der Waals surface area contributed by atoms with Crippen molar-refractivity contribution < 1.29 is 9.84 Å². The van der Waals surface area contributed by atoms with E-state index in [2.05, 4.69) is 62.2 Å². The number of hydrogen-bond acceptors (Lipinski definition) is 4. The molecule has 1 heterocycles. The molecule has 0 amide bonds. The maximum absolute atomic E-state index is 10.3. The third-order valence-electron chi connectivity index (χ3n) is 4.67. The highest BCUT2D eigenvalue weighted by atomic mass is 16.5. The van der Waals surface area contributed by atoms with Crippen molar-refractivity contribution >= 4 is 5.69 Å². The Morgan fingerprint density at radius 2 is 1.87 bits per heavy atom. The summed E-state index contributed by atoms with van der Waals surface area (Å²) in [4.78, 5) is 2.40. The number of nitrogens with one attached hydrogen (secondary N) is 1. The van der Waals surface area contributed by atoms with Crippen molar-refractivity contribution in [1.29, 1.82) is 0 Å². The van der Waals surface area contributed by atoms with Crippen LogP contribution in [0.15, 0.2) is 24.3 Å². The maximum atomic E-state index is 10.3. The molecule has 0 radical (unpaired) electrons. The average Bonchev–Trinajstić information content (AvgIpc) is 2.55. The molecule has 2 N–H and O–H groups in total. The predicted octanol–water partition coefficient (Wildman–Crippen LogP) is 2.66. The van der Waals surface area contributed by atoms with E-state index < -0.39 is 0 Å². The minimum absolute atomic E-state index is 0.137. The van der Waals surface area contributed by atoms with Crippen molar-refractivity contribution in [2.45, 2.75) is 40.3 Å². The van der Waals surface area contributed by atoms with Gasteiger partial charge in [0.05, 0.1) is 19.3 Å². The molecule has 0 saturated carbocycles. The third-order valence-corrected chi connectivity index (χ3v) is 4.67. The second kappa shape index (κ2) is 8.13. The van der Waals surface area contributed by atoms with E-state index in [1.807, 2.05) is 0 Å². The van der Waals surface area contributed by atoms with Gasteiger partial charge in [0, 0.05) is 37.3 Å². The number of hydrogen-bond donors (Lipinski definition) is 2. The Labute approximate surface area is 140 Å². The number of aliphatic hydroxyl groups excluding tert-OH is 1. The lowest BCUT2D eigenvalue weighted by molar-refractivity contribution is 0.0134. The molecule has 1 aliphatic heterocycles. The number of morpholine rings is 1. The van der Waals surface area contributed by atoms with Crippen LogP contribution in [-0.4, -0.2) is 44.1 Å². The third kappa shape index (κ3) is 4.93. The summed E-state index contributed by atoms with van der Waals surface area (Å²) >= 11 is 0. The van der Waals surface area contributed by atoms with Gasteiger partial charge in [0.25, 0.3) is 0 Å². The molecule has 4 nitrogen and oxygen atoms in total. The van der Waals surface area contributed by atoms with Crippen LogP contribution < -0.4 is 10.2 Å². The Balaban J connectivity index is 1.95. The predicted molar refractivity (Wildman–Crippen MR) is 95.8 cm³/mol. The number of anilines is 1. The monoisotopic (exact) mass is 320 g/mol. The largest absolute Gasteiger partial charge is 0.392 e. The second-order valence-corrected chi connectivity index (χ2v) is 7.51. The first-order chi connectivity index (χ1) is 10.9. The van der Waals surface area contributed by atoms with Crippen LogP contribution in [0.3, 0.4) is 0 Å². The fourth-order valence-corrected chi connectivity index (χ4v) is 3.30. The fraction of sp³-hybridized carbons (Fsp3) is 0.684. The van der Waals surface area contributed by atoms with Gasteiger partial charge in [-0.2, -0.15) is 0 Å². The number of para-hydroxylation sites is 1. The zero-order valence-corrected chi connectivity index (χ0v) is 15.0. The molecule has 130 valence electrons. The summed E-state index contributed by atoms with van der Waals surface area (Å²) in [6.07, 6.45) is -0.301. The van der Waals surface area contributed by atoms with E-state index in [0.29, 0.717) is 0 Å². The van der Waals surface area contributed by atoms with Crippen molar-refractivity contribution in [2.24, 2.45) is 11.3 Å². The Morgan fingerprint density at radius 3 is 2.52 bits per heavy atom. The van der Waals surface area contributed by atoms with Gasteiger partial charge in [0.15, 0.2) is 0 Å². The molecule has 1 atom stereocenters. The van der Waals surface area contributed by atoms with Crippen LogP contribution in [0, 0.1) is 11.3 Å². The zero-order chi connectivity index (χ0) is 16.9. The molecule has 0 bridgehead atoms. The molecular formula is C19H32N2O2. The summed E-state index contributed by atoms with van der Waals surface area (Å²) in [6, 6.07) is 8.57. The highest BCUT2D eigenvalue weighted by Crippen LogP contribution is 2.26. The van der Waals surface area contributed by atoms with Crippen molar-refractivity contribution in [3.63, 3.8) is 0 Å². The van der Waals surface area contributed by atoms with Gasteiger partial charge in [0.1, 0.15) is 0 Å². The molecule has 1 aromatic carbocycles. The van der Waals surface area contributed by atoms with Crippen molar-refractivity contribution in [3.05, 3.63) is 29.8 Å². The van der Waals surface area contributed by atoms with Gasteiger partial charge in [-0.1, -0.05) is 45.9 Å². The van der Waals surface area contributed by atoms with Gasteiger partial charge in [-0.15, -0.1) is 0 Å². The van der Waals surface area contributed by atoms with Gasteiger partial charge < -0.3 is 20.1 Å². The molecule has 23 heavy (non-hydrogen) atoms. The molecule has 0 aliphatic carbocycles. The van der Waals surface area contributed by atoms with Gasteiger partial charge in [-0.05, 0) is 17.5 Å². The van der Waals surface area contributed by atoms with Crippen LogP contribution in [-0.2, 0) is 11.3 Å². The topological polar surface area (TPSA) is 44.7 Å². The van der Waals surface area contributed by atoms with Crippen LogP contribution in [0.5, 0.6) is 0 Å². The lowest BCUT2D eigenvalue weighted by atomic mass is 9.80. The van der Waals surface area contributed by atoms with Crippen LogP contribution in [0.2, 0.25) is 0 Å². The number of benzene rings is 1. The summed E-state index contributed by atoms with van der Waals surface area (Å²) < 4.78 is 5.45. The van der Waals surface area contributed by atoms with E-state index >= 15 is 0 Å². The summed E-state index contributed by atoms with van der Waals surface area (Å²) in [6.45, 7) is 13.5. The van der Waals surface area contributed by atoms with Crippen LogP contribution in [0.1, 0.15) is 33.3 Å². The Kier molecular flexibility index (Phi) is 6.45. The molecule has 1 fully saturated rings. The molecule has 1 aliphatic rings. The first-order valence-corrected chi connectivity index (χ1v) is 8.71. The van der Waals surface area contributed by atoms with E-state index in [1.165, 1.54) is 11.3 Å². The SMILES string of the molecule is CC(C)C(O)C(C)(C)CNCc1ccccc1N1CCOCC1. The first-order valence-electron chi connectivity index (χ1n) is 8.71. The van der Waals surface area contributed by atoms with E-state index in [0.717, 1.165) is 39.4 Å². The van der Waals surface area contributed by atoms with Gasteiger partial charge >= 0.3 is 0 Å². The van der Waals surface area contributed by atoms with Crippen molar-refractivity contribution in [1.82, 2.24) is 5.32 Å². The number of aliphatic hydroxyl groups is 1. The Hall–Kier alpha value is -1.10. The van der Waals surface area contributed by atoms with Gasteiger partial charge in [0.2, 0.25) is 0 Å². The van der Waals surface area contributed by atoms with Crippen LogP contribution in [0.4, 0.5) is 5.69 Å². The maximum Gasteiger partial charge on any atom is 0.0642 e. The van der Waals surface area contributed by atoms with Gasteiger partial charge in [-0.3, -0.25) is 0 Å². The van der Waals surface area contributed by atoms with E-state index in [-0.39, 0.29) is 17.4 Å². The van der Waals surface area contributed by atoms with E-state index in [1.54, 1.807) is 0 Å². The van der Waals surface area contributed by atoms with Gasteiger partial charge in [-0.25, -0.2) is 0 Å². The highest BCUT2D eigenvalue weighted by molar-refractivity contribution is 5.53. The summed E-state index contributed by atoms with van der Waals surface area (Å²) in [7, 11) is 0. The molecule has 0 aromatic heterocycles. The normalized spacial score (nSPS) is 17.6. The molecule has 1 unspecified atom stereocenters. The summed E-state index contributed by atoms with van der Waals surface area (Å²) in [5.74, 6) is 0.271. The van der Waals surface area contributed by atoms with E-state index in [4.69, 9.17) is 4.74 Å². The lowest BCUT2D eigenvalue weighted by Crippen LogP contribution is -2.42. The Bertz CT molecular complexity index is 482. The van der Waals surface area contributed by atoms with Crippen molar-refractivity contribution in [2.75, 3.05) is 37.7 Å². The fourth-order valence-electron chi connectivity index (χ4n) is 3.30. The second-order valence-electron chi connectivity index (χ2n) is 7.51. The molecule has 2 rings (SSSR count). The first kappa shape index (κ1) is 18.2. The number of nitrogens with zero attached hydrogens (tertiary/aromatic N) is 1. The Morgan fingerprint density at radius 1 is 1.22 bits per heavy atom. The lowest BCUT2D eigenvalue weighted by Gasteiger charge is -2.34. The minimum atomic E-state index is -0.301. The van der Waals surface area contributed by atoms with Crippen LogP contribution in [0.25, 0.3) is 0 Å². The molecule has 0 spiro atoms. The van der Waals surface area contributed by atoms with E-state index in [9.17, 15) is 5.11 Å². The van der Waals surface area contributed by atoms with Crippen LogP contribution >= 0.6 is 0 Å². The number of rotatable bonds is 7. The molecule has 1 aromatic rings. The summed E-state index contributed by atoms with van der Waals surface area (Å²) in [5, 5.41) is 13.9. The number of ether oxygens (including phenoxy) is 1. The highest BCUT2D eigenvalue weighted by Gasteiger charge is 2.29. The smallest absolute Gasteiger partial charge is 0.0642 e. The average molecular weight is 320 g/mol. The molecular weight excluding hydrogens is 288 g/mol. The quantitative estimate of drug-likeness (QED) is 0.811. The summed E-state index contributed by atoms with van der Waals surface area (Å²) in [5.41, 5.74) is 2.47. The molecule has 4 heteroatoms. The standard InChI is InChI=1S/C19H32N2O2/c1-15(2)18(22)19(3,4)14-20-13-16-7-5-6-8-17(16)21-9-11-23-12-10-21/h5-8,15,18,20,22H,9-14H2,1-4H3. The zero-order valence-electron chi connectivity index (χ0n) is 15.0. The molecule has 1 saturated heterocycles. The minimum Gasteiger partial charge on any atom is -0.392 e. The van der Waals surface area contributed by atoms with Crippen molar-refractivity contribution in [3.8, 4) is 0 Å².